The van der Waals surface area contributed by atoms with Gasteiger partial charge in [-0.1, -0.05) is 19.8 Å². The summed E-state index contributed by atoms with van der Waals surface area (Å²) in [5, 5.41) is 7.92. The normalized spacial score (nSPS) is 10.7. The van der Waals surface area contributed by atoms with E-state index in [1.54, 1.807) is 12.1 Å². The van der Waals surface area contributed by atoms with Crippen LogP contribution in [0.2, 0.25) is 0 Å². The van der Waals surface area contributed by atoms with E-state index in [0.717, 1.165) is 13.0 Å². The molecule has 0 aliphatic carbocycles. The Morgan fingerprint density at radius 3 is 2.11 bits per heavy atom. The molecule has 1 aromatic rings. The average Bonchev–Trinajstić information content (AvgIpc) is 2.36. The third-order valence-corrected chi connectivity index (χ3v) is 2.40. The van der Waals surface area contributed by atoms with Gasteiger partial charge in [0.1, 0.15) is 6.61 Å². The highest BCUT2D eigenvalue weighted by atomic mass is 16.5. The predicted molar refractivity (Wildman–Crippen MR) is 71.1 cm³/mol. The number of ether oxygens (including phenoxy) is 2. The van der Waals surface area contributed by atoms with Crippen molar-refractivity contribution in [1.29, 1.82) is 0 Å². The van der Waals surface area contributed by atoms with Gasteiger partial charge in [-0.15, -0.1) is 10.2 Å². The lowest BCUT2D eigenvalue weighted by Gasteiger charge is -2.10. The van der Waals surface area contributed by atoms with Gasteiger partial charge >= 0.3 is 0 Å². The second-order valence-electron chi connectivity index (χ2n) is 4.42. The van der Waals surface area contributed by atoms with Crippen molar-refractivity contribution in [1.82, 2.24) is 15.1 Å². The van der Waals surface area contributed by atoms with Gasteiger partial charge in [0.2, 0.25) is 11.8 Å². The summed E-state index contributed by atoms with van der Waals surface area (Å²) < 4.78 is 10.9. The smallest absolute Gasteiger partial charge is 0.233 e. The molecular weight excluding hydrogens is 230 g/mol. The van der Waals surface area contributed by atoms with Gasteiger partial charge in [-0.2, -0.15) is 0 Å². The van der Waals surface area contributed by atoms with Crippen molar-refractivity contribution >= 4 is 0 Å². The van der Waals surface area contributed by atoms with Crippen molar-refractivity contribution in [2.75, 3.05) is 33.9 Å². The molecule has 0 aliphatic heterocycles. The van der Waals surface area contributed by atoms with Crippen LogP contribution in [0.15, 0.2) is 12.1 Å². The lowest BCUT2D eigenvalue weighted by atomic mass is 10.3. The van der Waals surface area contributed by atoms with Crippen molar-refractivity contribution in [2.45, 2.75) is 26.2 Å². The van der Waals surface area contributed by atoms with E-state index in [2.05, 4.69) is 22.0 Å². The number of nitrogens with zero attached hydrogens (tertiary/aromatic N) is 3. The first-order valence-electron chi connectivity index (χ1n) is 6.46. The highest BCUT2D eigenvalue weighted by Crippen LogP contribution is 2.10. The van der Waals surface area contributed by atoms with Crippen LogP contribution in [-0.4, -0.2) is 49.0 Å². The first-order valence-corrected chi connectivity index (χ1v) is 6.46. The fourth-order valence-electron chi connectivity index (χ4n) is 1.32. The first-order chi connectivity index (χ1) is 8.72. The van der Waals surface area contributed by atoms with Gasteiger partial charge < -0.3 is 14.4 Å². The Kier molecular flexibility index (Phi) is 7.10. The van der Waals surface area contributed by atoms with Crippen molar-refractivity contribution in [3.05, 3.63) is 12.1 Å². The van der Waals surface area contributed by atoms with Crippen LogP contribution < -0.4 is 9.47 Å². The maximum absolute atomic E-state index is 5.47. The van der Waals surface area contributed by atoms with Crippen LogP contribution >= 0.6 is 0 Å². The summed E-state index contributed by atoms with van der Waals surface area (Å²) in [4.78, 5) is 2.05. The van der Waals surface area contributed by atoms with Gasteiger partial charge in [-0.05, 0) is 20.5 Å². The third-order valence-electron chi connectivity index (χ3n) is 2.40. The molecule has 5 nitrogen and oxygen atoms in total. The molecule has 0 saturated heterocycles. The van der Waals surface area contributed by atoms with Gasteiger partial charge in [0, 0.05) is 18.7 Å². The first kappa shape index (κ1) is 14.7. The van der Waals surface area contributed by atoms with Gasteiger partial charge in [0.05, 0.1) is 6.61 Å². The maximum atomic E-state index is 5.47. The predicted octanol–water partition coefficient (Wildman–Crippen LogP) is 1.99. The van der Waals surface area contributed by atoms with Crippen molar-refractivity contribution in [2.24, 2.45) is 0 Å². The molecule has 0 spiro atoms. The van der Waals surface area contributed by atoms with E-state index in [1.165, 1.54) is 12.8 Å². The summed E-state index contributed by atoms with van der Waals surface area (Å²) in [5.41, 5.74) is 0. The summed E-state index contributed by atoms with van der Waals surface area (Å²) in [5.74, 6) is 1.10. The molecule has 0 N–H and O–H groups in total. The Morgan fingerprint density at radius 2 is 1.61 bits per heavy atom. The topological polar surface area (TPSA) is 47.5 Å². The Balaban J connectivity index is 2.24. The summed E-state index contributed by atoms with van der Waals surface area (Å²) in [6.45, 7) is 4.33. The quantitative estimate of drug-likeness (QED) is 0.630. The van der Waals surface area contributed by atoms with Crippen LogP contribution in [0.3, 0.4) is 0 Å². The van der Waals surface area contributed by atoms with Crippen LogP contribution in [0.5, 0.6) is 11.8 Å². The SMILES string of the molecule is CCCCCOc1ccc(OCCN(C)C)nn1. The van der Waals surface area contributed by atoms with Gasteiger partial charge in [0.15, 0.2) is 0 Å². The molecule has 0 aliphatic rings. The number of rotatable bonds is 9. The Labute approximate surface area is 109 Å². The molecule has 0 amide bonds. The van der Waals surface area contributed by atoms with Crippen LogP contribution in [0.25, 0.3) is 0 Å². The summed E-state index contributed by atoms with van der Waals surface area (Å²) in [6, 6.07) is 3.59. The van der Waals surface area contributed by atoms with Crippen LogP contribution in [0, 0.1) is 0 Å². The monoisotopic (exact) mass is 253 g/mol. The molecule has 1 aromatic heterocycles. The third kappa shape index (κ3) is 6.39. The van der Waals surface area contributed by atoms with E-state index in [0.29, 0.717) is 25.0 Å². The zero-order valence-corrected chi connectivity index (χ0v) is 11.6. The number of likely N-dealkylation sites (N-methyl/N-ethyl adjacent to an activating group) is 1. The molecule has 0 fully saturated rings. The molecular formula is C13H23N3O2. The zero-order valence-electron chi connectivity index (χ0n) is 11.6. The molecule has 5 heteroatoms. The van der Waals surface area contributed by atoms with Crippen molar-refractivity contribution < 1.29 is 9.47 Å². The molecule has 102 valence electrons. The Hall–Kier alpha value is -1.36. The van der Waals surface area contributed by atoms with E-state index >= 15 is 0 Å². The summed E-state index contributed by atoms with van der Waals surface area (Å²) in [7, 11) is 4.00. The highest BCUT2D eigenvalue weighted by molar-refractivity contribution is 5.15. The second kappa shape index (κ2) is 8.69. The van der Waals surface area contributed by atoms with E-state index in [-0.39, 0.29) is 0 Å². The maximum Gasteiger partial charge on any atom is 0.233 e. The van der Waals surface area contributed by atoms with Crippen LogP contribution in [0.4, 0.5) is 0 Å². The molecule has 1 rings (SSSR count). The number of hydrogen-bond donors (Lipinski definition) is 0. The minimum absolute atomic E-state index is 0.540. The number of unbranched alkanes of at least 4 members (excludes halogenated alkanes) is 2. The van der Waals surface area contributed by atoms with Gasteiger partial charge in [0.25, 0.3) is 0 Å². The van der Waals surface area contributed by atoms with Gasteiger partial charge in [-0.3, -0.25) is 0 Å². The van der Waals surface area contributed by atoms with Crippen molar-refractivity contribution in [3.63, 3.8) is 0 Å². The van der Waals surface area contributed by atoms with E-state index < -0.39 is 0 Å². The lowest BCUT2D eigenvalue weighted by molar-refractivity contribution is 0.247. The number of aromatic nitrogens is 2. The Bertz CT molecular complexity index is 315. The van der Waals surface area contributed by atoms with Crippen LogP contribution in [0.1, 0.15) is 26.2 Å². The fraction of sp³-hybridized carbons (Fsp3) is 0.692. The average molecular weight is 253 g/mol. The molecule has 0 unspecified atom stereocenters. The second-order valence-corrected chi connectivity index (χ2v) is 4.42. The minimum Gasteiger partial charge on any atom is -0.477 e. The zero-order chi connectivity index (χ0) is 13.2. The lowest BCUT2D eigenvalue weighted by Crippen LogP contribution is -2.19. The molecule has 18 heavy (non-hydrogen) atoms. The van der Waals surface area contributed by atoms with E-state index in [9.17, 15) is 0 Å². The standard InChI is InChI=1S/C13H23N3O2/c1-4-5-6-10-17-12-7-8-13(15-14-12)18-11-9-16(2)3/h7-8H,4-6,9-11H2,1-3H3. The van der Waals surface area contributed by atoms with E-state index in [1.807, 2.05) is 14.1 Å². The summed E-state index contributed by atoms with van der Waals surface area (Å²) in [6.07, 6.45) is 3.42. The molecule has 0 saturated carbocycles. The molecule has 0 radical (unpaired) electrons. The largest absolute Gasteiger partial charge is 0.477 e. The molecule has 0 bridgehead atoms. The van der Waals surface area contributed by atoms with E-state index in [4.69, 9.17) is 9.47 Å². The number of hydrogen-bond acceptors (Lipinski definition) is 5. The van der Waals surface area contributed by atoms with Crippen molar-refractivity contribution in [3.8, 4) is 11.8 Å². The molecule has 0 aromatic carbocycles. The van der Waals surface area contributed by atoms with Crippen LogP contribution in [-0.2, 0) is 0 Å². The highest BCUT2D eigenvalue weighted by Gasteiger charge is 2.00. The molecule has 0 atom stereocenters. The molecule has 1 heterocycles. The summed E-state index contributed by atoms with van der Waals surface area (Å²) >= 11 is 0. The Morgan fingerprint density at radius 1 is 1.00 bits per heavy atom. The fourth-order valence-corrected chi connectivity index (χ4v) is 1.32. The minimum atomic E-state index is 0.540. The van der Waals surface area contributed by atoms with Gasteiger partial charge in [-0.25, -0.2) is 0 Å².